The van der Waals surface area contributed by atoms with Gasteiger partial charge in [0.05, 0.1) is 7.11 Å². The molecule has 0 radical (unpaired) electrons. The van der Waals surface area contributed by atoms with E-state index < -0.39 is 24.1 Å². The van der Waals surface area contributed by atoms with Gasteiger partial charge < -0.3 is 4.74 Å². The summed E-state index contributed by atoms with van der Waals surface area (Å²) in [6.07, 6.45) is -4.48. The number of alkyl halides is 2. The number of ether oxygens (including phenoxy) is 1. The number of halogens is 2. The van der Waals surface area contributed by atoms with Gasteiger partial charge in [0.2, 0.25) is 5.78 Å². The molecule has 64 valence electrons. The number of ketones is 1. The summed E-state index contributed by atoms with van der Waals surface area (Å²) in [5, 5.41) is 0. The van der Waals surface area contributed by atoms with Crippen LogP contribution in [0.25, 0.3) is 0 Å². The zero-order chi connectivity index (χ0) is 9.02. The molecular formula is C6H8F2O3. The quantitative estimate of drug-likeness (QED) is 0.451. The molecule has 0 aromatic rings. The maximum atomic E-state index is 12.4. The third kappa shape index (κ3) is 2.61. The number of rotatable bonds is 3. The fourth-order valence-electron chi connectivity index (χ4n) is 0.421. The second-order valence-electron chi connectivity index (χ2n) is 1.90. The van der Waals surface area contributed by atoms with Crippen molar-refractivity contribution in [2.24, 2.45) is 0 Å². The van der Waals surface area contributed by atoms with Crippen LogP contribution in [-0.2, 0) is 14.3 Å². The fourth-order valence-corrected chi connectivity index (χ4v) is 0.421. The predicted octanol–water partition coefficient (Wildman–Crippen LogP) is 0.425. The predicted molar refractivity (Wildman–Crippen MR) is 32.5 cm³/mol. The summed E-state index contributed by atoms with van der Waals surface area (Å²) < 4.78 is 28.3. The minimum atomic E-state index is -2.50. The molecule has 5 heteroatoms. The van der Waals surface area contributed by atoms with Crippen LogP contribution in [0.4, 0.5) is 8.78 Å². The van der Waals surface area contributed by atoms with Gasteiger partial charge in [-0.15, -0.1) is 0 Å². The van der Waals surface area contributed by atoms with Gasteiger partial charge in [-0.05, 0) is 6.92 Å². The molecule has 11 heavy (non-hydrogen) atoms. The largest absolute Gasteiger partial charge is 0.467 e. The number of methoxy groups -OCH3 is 1. The van der Waals surface area contributed by atoms with Crippen LogP contribution in [0.5, 0.6) is 0 Å². The summed E-state index contributed by atoms with van der Waals surface area (Å²) in [5.41, 5.74) is 0. The first kappa shape index (κ1) is 10.0. The second-order valence-corrected chi connectivity index (χ2v) is 1.90. The first-order chi connectivity index (χ1) is 5.00. The Bertz CT molecular complexity index is 167. The number of carbonyl (C=O) groups is 2. The summed E-state index contributed by atoms with van der Waals surface area (Å²) in [5.74, 6) is -2.77. The van der Waals surface area contributed by atoms with Crippen molar-refractivity contribution in [3.05, 3.63) is 0 Å². The molecule has 0 rings (SSSR count). The van der Waals surface area contributed by atoms with Gasteiger partial charge in [0.25, 0.3) is 6.17 Å². The monoisotopic (exact) mass is 166 g/mol. The highest BCUT2D eigenvalue weighted by atomic mass is 19.1. The molecule has 0 aliphatic carbocycles. The lowest BCUT2D eigenvalue weighted by atomic mass is 10.2. The Morgan fingerprint density at radius 1 is 1.36 bits per heavy atom. The fraction of sp³-hybridized carbons (Fsp3) is 0.667. The lowest BCUT2D eigenvalue weighted by Gasteiger charge is -2.04. The first-order valence-electron chi connectivity index (χ1n) is 2.90. The molecule has 0 N–H and O–H groups in total. The van der Waals surface area contributed by atoms with Gasteiger partial charge in [-0.1, -0.05) is 0 Å². The minimum Gasteiger partial charge on any atom is -0.467 e. The van der Waals surface area contributed by atoms with Crippen LogP contribution in [0, 0.1) is 0 Å². The first-order valence-corrected chi connectivity index (χ1v) is 2.90. The van der Waals surface area contributed by atoms with E-state index in [-0.39, 0.29) is 0 Å². The van der Waals surface area contributed by atoms with Gasteiger partial charge in [0, 0.05) is 0 Å². The van der Waals surface area contributed by atoms with Crippen molar-refractivity contribution in [2.75, 3.05) is 7.11 Å². The Morgan fingerprint density at radius 3 is 2.09 bits per heavy atom. The minimum absolute atomic E-state index is 0.859. The molecule has 0 fully saturated rings. The van der Waals surface area contributed by atoms with Gasteiger partial charge in [-0.25, -0.2) is 13.6 Å². The molecule has 0 spiro atoms. The molecule has 3 nitrogen and oxygen atoms in total. The van der Waals surface area contributed by atoms with Crippen molar-refractivity contribution < 1.29 is 23.1 Å². The Balaban J connectivity index is 4.13. The van der Waals surface area contributed by atoms with Crippen LogP contribution in [0.2, 0.25) is 0 Å². The third-order valence-electron chi connectivity index (χ3n) is 1.05. The Morgan fingerprint density at radius 2 is 1.82 bits per heavy atom. The molecular weight excluding hydrogens is 158 g/mol. The van der Waals surface area contributed by atoms with Crippen LogP contribution in [0.3, 0.4) is 0 Å². The molecule has 0 bridgehead atoms. The molecule has 0 saturated heterocycles. The molecule has 0 aromatic heterocycles. The summed E-state index contributed by atoms with van der Waals surface area (Å²) >= 11 is 0. The molecule has 0 saturated carbocycles. The molecule has 2 unspecified atom stereocenters. The van der Waals surface area contributed by atoms with E-state index in [1.54, 1.807) is 0 Å². The average Bonchev–Trinajstić information content (AvgIpc) is 2.00. The lowest BCUT2D eigenvalue weighted by Crippen LogP contribution is -2.32. The molecule has 0 amide bonds. The molecule has 0 aromatic carbocycles. The van der Waals surface area contributed by atoms with E-state index in [0.29, 0.717) is 0 Å². The topological polar surface area (TPSA) is 43.4 Å². The lowest BCUT2D eigenvalue weighted by molar-refractivity contribution is -0.151. The van der Waals surface area contributed by atoms with Gasteiger partial charge in [-0.3, -0.25) is 4.79 Å². The van der Waals surface area contributed by atoms with Crippen molar-refractivity contribution in [1.29, 1.82) is 0 Å². The van der Waals surface area contributed by atoms with Crippen molar-refractivity contribution in [3.63, 3.8) is 0 Å². The van der Waals surface area contributed by atoms with Crippen LogP contribution in [0.1, 0.15) is 6.92 Å². The second kappa shape index (κ2) is 4.00. The van der Waals surface area contributed by atoms with Crippen molar-refractivity contribution in [2.45, 2.75) is 19.3 Å². The number of esters is 1. The average molecular weight is 166 g/mol. The maximum Gasteiger partial charge on any atom is 0.348 e. The Kier molecular flexibility index (Phi) is 3.64. The van der Waals surface area contributed by atoms with E-state index in [4.69, 9.17) is 0 Å². The van der Waals surface area contributed by atoms with E-state index >= 15 is 0 Å². The number of carbonyl (C=O) groups excluding carboxylic acids is 2. The molecule has 0 aliphatic heterocycles. The number of Topliss-reactive ketones (excluding diaryl/α,β-unsaturated/α-hetero) is 1. The smallest absolute Gasteiger partial charge is 0.348 e. The van der Waals surface area contributed by atoms with Gasteiger partial charge in [0.1, 0.15) is 0 Å². The van der Waals surface area contributed by atoms with Crippen molar-refractivity contribution in [1.82, 2.24) is 0 Å². The van der Waals surface area contributed by atoms with E-state index in [9.17, 15) is 18.4 Å². The van der Waals surface area contributed by atoms with Gasteiger partial charge >= 0.3 is 5.97 Å². The highest BCUT2D eigenvalue weighted by Crippen LogP contribution is 2.02. The van der Waals surface area contributed by atoms with E-state index in [1.807, 2.05) is 0 Å². The van der Waals surface area contributed by atoms with E-state index in [0.717, 1.165) is 14.0 Å². The van der Waals surface area contributed by atoms with Crippen LogP contribution in [-0.4, -0.2) is 31.2 Å². The normalized spacial score (nSPS) is 15.3. The van der Waals surface area contributed by atoms with Crippen LogP contribution < -0.4 is 0 Å². The zero-order valence-electron chi connectivity index (χ0n) is 6.14. The molecule has 2 atom stereocenters. The van der Waals surface area contributed by atoms with Gasteiger partial charge in [-0.2, -0.15) is 0 Å². The van der Waals surface area contributed by atoms with Crippen molar-refractivity contribution >= 4 is 11.8 Å². The highest BCUT2D eigenvalue weighted by Gasteiger charge is 2.30. The molecule has 0 aliphatic rings. The zero-order valence-corrected chi connectivity index (χ0v) is 6.14. The Hall–Kier alpha value is -1.00. The summed E-state index contributed by atoms with van der Waals surface area (Å²) in [7, 11) is 0.922. The third-order valence-corrected chi connectivity index (χ3v) is 1.05. The number of hydrogen-bond donors (Lipinski definition) is 0. The maximum absolute atomic E-state index is 12.4. The van der Waals surface area contributed by atoms with Crippen LogP contribution in [0.15, 0.2) is 0 Å². The SMILES string of the molecule is COC(=O)C(F)C(=O)C(C)F. The van der Waals surface area contributed by atoms with Crippen molar-refractivity contribution in [3.8, 4) is 0 Å². The molecule has 0 heterocycles. The standard InChI is InChI=1S/C6H8F2O3/c1-3(7)5(9)4(8)6(10)11-2/h3-4H,1-2H3. The van der Waals surface area contributed by atoms with E-state index in [1.165, 1.54) is 0 Å². The summed E-state index contributed by atoms with van der Waals surface area (Å²) in [6.45, 7) is 0.859. The summed E-state index contributed by atoms with van der Waals surface area (Å²) in [6, 6.07) is 0. The van der Waals surface area contributed by atoms with E-state index in [2.05, 4.69) is 4.74 Å². The number of hydrogen-bond acceptors (Lipinski definition) is 3. The highest BCUT2D eigenvalue weighted by molar-refractivity contribution is 6.03. The van der Waals surface area contributed by atoms with Crippen LogP contribution >= 0.6 is 0 Å². The summed E-state index contributed by atoms with van der Waals surface area (Å²) in [4.78, 5) is 20.7. The van der Waals surface area contributed by atoms with Gasteiger partial charge in [0.15, 0.2) is 6.17 Å². The Labute approximate surface area is 62.3 Å².